The van der Waals surface area contributed by atoms with Gasteiger partial charge in [0.25, 0.3) is 0 Å². The van der Waals surface area contributed by atoms with Gasteiger partial charge in [-0.25, -0.2) is 0 Å². The summed E-state index contributed by atoms with van der Waals surface area (Å²) < 4.78 is 1.92. The molecule has 0 bridgehead atoms. The number of rotatable bonds is 3. The molecule has 1 heterocycles. The minimum Gasteiger partial charge on any atom is -0.378 e. The van der Waals surface area contributed by atoms with Gasteiger partial charge in [0.1, 0.15) is 0 Å². The zero-order valence-corrected chi connectivity index (χ0v) is 12.8. The van der Waals surface area contributed by atoms with Crippen LogP contribution in [0, 0.1) is 6.92 Å². The van der Waals surface area contributed by atoms with Gasteiger partial charge in [0.2, 0.25) is 0 Å². The van der Waals surface area contributed by atoms with Gasteiger partial charge in [-0.3, -0.25) is 0 Å². The average Bonchev–Trinajstić information content (AvgIpc) is 2.70. The molecule has 1 N–H and O–H groups in total. The van der Waals surface area contributed by atoms with Gasteiger partial charge in [0.15, 0.2) is 0 Å². The zero-order chi connectivity index (χ0) is 12.4. The molecule has 4 heteroatoms. The average molecular weight is 331 g/mol. The van der Waals surface area contributed by atoms with Crippen molar-refractivity contribution in [2.45, 2.75) is 19.9 Å². The maximum absolute atomic E-state index is 5.95. The first-order valence-electron chi connectivity index (χ1n) is 5.33. The zero-order valence-electron chi connectivity index (χ0n) is 9.63. The first-order chi connectivity index (χ1) is 8.06. The third-order valence-corrected chi connectivity index (χ3v) is 4.26. The summed E-state index contributed by atoms with van der Waals surface area (Å²) >= 11 is 11.0. The van der Waals surface area contributed by atoms with E-state index in [1.54, 1.807) is 11.3 Å². The van der Waals surface area contributed by atoms with E-state index in [1.165, 1.54) is 11.1 Å². The Morgan fingerprint density at radius 2 is 2.12 bits per heavy atom. The Kier molecular flexibility index (Phi) is 4.13. The number of anilines is 1. The van der Waals surface area contributed by atoms with Gasteiger partial charge >= 0.3 is 0 Å². The van der Waals surface area contributed by atoms with Crippen molar-refractivity contribution in [3.8, 4) is 0 Å². The fraction of sp³-hybridized carbons (Fsp3) is 0.231. The maximum atomic E-state index is 5.95. The van der Waals surface area contributed by atoms with Crippen LogP contribution >= 0.6 is 38.9 Å². The lowest BCUT2D eigenvalue weighted by molar-refractivity contribution is 0.888. The van der Waals surface area contributed by atoms with Gasteiger partial charge in [0.05, 0.1) is 4.34 Å². The molecule has 17 heavy (non-hydrogen) atoms. The topological polar surface area (TPSA) is 12.0 Å². The van der Waals surface area contributed by atoms with Crippen LogP contribution in [0.1, 0.15) is 24.1 Å². The number of thiophene rings is 1. The van der Waals surface area contributed by atoms with Crippen LogP contribution in [0.25, 0.3) is 0 Å². The van der Waals surface area contributed by atoms with Gasteiger partial charge in [-0.2, -0.15) is 0 Å². The minimum atomic E-state index is 0.256. The van der Waals surface area contributed by atoms with Crippen molar-refractivity contribution >= 4 is 44.6 Å². The van der Waals surface area contributed by atoms with Crippen LogP contribution in [0.15, 0.2) is 34.1 Å². The molecule has 0 radical (unpaired) electrons. The highest BCUT2D eigenvalue weighted by Gasteiger charge is 2.09. The van der Waals surface area contributed by atoms with E-state index >= 15 is 0 Å². The second-order valence-electron chi connectivity index (χ2n) is 4.01. The van der Waals surface area contributed by atoms with Crippen molar-refractivity contribution in [1.29, 1.82) is 0 Å². The van der Waals surface area contributed by atoms with E-state index < -0.39 is 0 Å². The first-order valence-corrected chi connectivity index (χ1v) is 7.38. The van der Waals surface area contributed by atoms with E-state index in [4.69, 9.17) is 11.6 Å². The van der Waals surface area contributed by atoms with E-state index in [-0.39, 0.29) is 6.04 Å². The van der Waals surface area contributed by atoms with Crippen molar-refractivity contribution in [1.82, 2.24) is 0 Å². The van der Waals surface area contributed by atoms with E-state index in [1.807, 2.05) is 12.1 Å². The molecule has 0 aliphatic heterocycles. The fourth-order valence-electron chi connectivity index (χ4n) is 1.62. The number of aryl methyl sites for hydroxylation is 1. The number of benzene rings is 1. The first kappa shape index (κ1) is 12.9. The van der Waals surface area contributed by atoms with Crippen LogP contribution in [0.4, 0.5) is 5.69 Å². The number of halogens is 2. The second kappa shape index (κ2) is 5.42. The molecule has 0 saturated heterocycles. The van der Waals surface area contributed by atoms with Crippen LogP contribution < -0.4 is 5.32 Å². The highest BCUT2D eigenvalue weighted by molar-refractivity contribution is 9.10. The Labute approximate surface area is 119 Å². The molecule has 1 aromatic carbocycles. The predicted octanol–water partition coefficient (Wildman–Crippen LogP) is 5.65. The Hall–Kier alpha value is -0.510. The second-order valence-corrected chi connectivity index (χ2v) is 6.47. The highest BCUT2D eigenvalue weighted by atomic mass is 79.9. The molecule has 0 fully saturated rings. The van der Waals surface area contributed by atoms with Gasteiger partial charge in [0, 0.05) is 16.2 Å². The van der Waals surface area contributed by atoms with Crippen LogP contribution in [0.2, 0.25) is 4.34 Å². The van der Waals surface area contributed by atoms with Gasteiger partial charge in [-0.05, 0) is 48.6 Å². The molecule has 1 atom stereocenters. The minimum absolute atomic E-state index is 0.256. The molecular weight excluding hydrogens is 318 g/mol. The van der Waals surface area contributed by atoms with Gasteiger partial charge < -0.3 is 5.32 Å². The summed E-state index contributed by atoms with van der Waals surface area (Å²) in [7, 11) is 0. The molecule has 2 rings (SSSR count). The van der Waals surface area contributed by atoms with Crippen LogP contribution in [0.3, 0.4) is 0 Å². The Bertz CT molecular complexity index is 524. The summed E-state index contributed by atoms with van der Waals surface area (Å²) in [4.78, 5) is 0. The standard InChI is InChI=1S/C13H13BrClNS/c1-8-3-4-11(14)6-12(8)16-9(2)10-5-13(15)17-7-10/h3-7,9,16H,1-2H3. The van der Waals surface area contributed by atoms with E-state index in [9.17, 15) is 0 Å². The summed E-state index contributed by atoms with van der Waals surface area (Å²) in [5, 5.41) is 5.59. The molecule has 1 aromatic heterocycles. The van der Waals surface area contributed by atoms with E-state index in [0.29, 0.717) is 0 Å². The number of nitrogens with one attached hydrogen (secondary N) is 1. The molecule has 0 saturated carbocycles. The Morgan fingerprint density at radius 1 is 1.35 bits per heavy atom. The van der Waals surface area contributed by atoms with Crippen molar-refractivity contribution in [3.63, 3.8) is 0 Å². The van der Waals surface area contributed by atoms with Gasteiger partial charge in [-0.1, -0.05) is 33.6 Å². The predicted molar refractivity (Wildman–Crippen MR) is 80.2 cm³/mol. The lowest BCUT2D eigenvalue weighted by Gasteiger charge is -2.16. The molecule has 90 valence electrons. The summed E-state index contributed by atoms with van der Waals surface area (Å²) in [5.41, 5.74) is 3.61. The Balaban J connectivity index is 2.18. The lowest BCUT2D eigenvalue weighted by Crippen LogP contribution is -2.06. The summed E-state index contributed by atoms with van der Waals surface area (Å²) in [6, 6.07) is 8.51. The van der Waals surface area contributed by atoms with Crippen LogP contribution in [-0.4, -0.2) is 0 Å². The maximum Gasteiger partial charge on any atom is 0.0931 e. The SMILES string of the molecule is Cc1ccc(Br)cc1NC(C)c1csc(Cl)c1. The molecule has 2 aromatic rings. The smallest absolute Gasteiger partial charge is 0.0931 e. The summed E-state index contributed by atoms with van der Waals surface area (Å²) in [6.45, 7) is 4.24. The normalized spacial score (nSPS) is 12.5. The molecular formula is C13H13BrClNS. The third kappa shape index (κ3) is 3.24. The number of hydrogen-bond acceptors (Lipinski definition) is 2. The quantitative estimate of drug-likeness (QED) is 0.767. The highest BCUT2D eigenvalue weighted by Crippen LogP contribution is 2.29. The van der Waals surface area contributed by atoms with Crippen LogP contribution in [0.5, 0.6) is 0 Å². The molecule has 0 aliphatic carbocycles. The molecule has 0 aliphatic rings. The summed E-state index contributed by atoms with van der Waals surface area (Å²) in [5.74, 6) is 0. The molecule has 1 nitrogen and oxygen atoms in total. The van der Waals surface area contributed by atoms with Crippen molar-refractivity contribution < 1.29 is 0 Å². The van der Waals surface area contributed by atoms with Crippen LogP contribution in [-0.2, 0) is 0 Å². The van der Waals surface area contributed by atoms with E-state index in [0.717, 1.165) is 14.5 Å². The summed E-state index contributed by atoms with van der Waals surface area (Å²) in [6.07, 6.45) is 0. The molecule has 1 unspecified atom stereocenters. The lowest BCUT2D eigenvalue weighted by atomic mass is 10.1. The van der Waals surface area contributed by atoms with Crippen molar-refractivity contribution in [2.75, 3.05) is 5.32 Å². The molecule has 0 spiro atoms. The largest absolute Gasteiger partial charge is 0.378 e. The monoisotopic (exact) mass is 329 g/mol. The Morgan fingerprint density at radius 3 is 2.76 bits per heavy atom. The number of hydrogen-bond donors (Lipinski definition) is 1. The fourth-order valence-corrected chi connectivity index (χ4v) is 2.96. The van der Waals surface area contributed by atoms with E-state index in [2.05, 4.69) is 52.6 Å². The third-order valence-electron chi connectivity index (χ3n) is 2.66. The van der Waals surface area contributed by atoms with Crippen molar-refractivity contribution in [3.05, 3.63) is 49.6 Å². The van der Waals surface area contributed by atoms with Crippen molar-refractivity contribution in [2.24, 2.45) is 0 Å². The van der Waals surface area contributed by atoms with Gasteiger partial charge in [-0.15, -0.1) is 11.3 Å². The molecule has 0 amide bonds.